The zero-order valence-electron chi connectivity index (χ0n) is 10.9. The number of rotatable bonds is 7. The molecule has 1 N–H and O–H groups in total. The predicted octanol–water partition coefficient (Wildman–Crippen LogP) is 3.01. The monoisotopic (exact) mass is 224 g/mol. The maximum atomic E-state index is 5.42. The van der Waals surface area contributed by atoms with Crippen molar-refractivity contribution < 1.29 is 4.42 Å². The number of nitrogens with one attached hydrogen (secondary N) is 1. The van der Waals surface area contributed by atoms with Gasteiger partial charge in [0.15, 0.2) is 6.39 Å². The average molecular weight is 224 g/mol. The molecule has 1 heterocycles. The summed E-state index contributed by atoms with van der Waals surface area (Å²) < 4.78 is 5.42. The SMILES string of the molecule is CC(C)CCc1ocnc1CNCC(C)C. The Morgan fingerprint density at radius 3 is 2.62 bits per heavy atom. The summed E-state index contributed by atoms with van der Waals surface area (Å²) >= 11 is 0. The molecule has 92 valence electrons. The quantitative estimate of drug-likeness (QED) is 0.773. The van der Waals surface area contributed by atoms with Crippen LogP contribution in [-0.4, -0.2) is 11.5 Å². The van der Waals surface area contributed by atoms with Crippen LogP contribution in [-0.2, 0) is 13.0 Å². The van der Waals surface area contributed by atoms with Crippen LogP contribution in [0.3, 0.4) is 0 Å². The number of aryl methyl sites for hydroxylation is 1. The summed E-state index contributed by atoms with van der Waals surface area (Å²) in [6.45, 7) is 10.7. The second-order valence-corrected chi connectivity index (χ2v) is 5.18. The van der Waals surface area contributed by atoms with Gasteiger partial charge in [0.05, 0.1) is 5.69 Å². The van der Waals surface area contributed by atoms with E-state index in [0.29, 0.717) is 11.8 Å². The van der Waals surface area contributed by atoms with Crippen LogP contribution < -0.4 is 5.32 Å². The summed E-state index contributed by atoms with van der Waals surface area (Å²) in [5, 5.41) is 3.39. The largest absolute Gasteiger partial charge is 0.448 e. The van der Waals surface area contributed by atoms with E-state index < -0.39 is 0 Å². The standard InChI is InChI=1S/C13H24N2O/c1-10(2)5-6-13-12(15-9-16-13)8-14-7-11(3)4/h9-11,14H,5-8H2,1-4H3. The van der Waals surface area contributed by atoms with Gasteiger partial charge in [-0.1, -0.05) is 27.7 Å². The highest BCUT2D eigenvalue weighted by atomic mass is 16.3. The first kappa shape index (κ1) is 13.2. The van der Waals surface area contributed by atoms with Gasteiger partial charge in [-0.15, -0.1) is 0 Å². The first-order valence-corrected chi connectivity index (χ1v) is 6.21. The maximum absolute atomic E-state index is 5.42. The Balaban J connectivity index is 2.38. The van der Waals surface area contributed by atoms with E-state index in [1.54, 1.807) is 6.39 Å². The molecule has 1 aromatic heterocycles. The molecule has 0 unspecified atom stereocenters. The molecule has 0 saturated carbocycles. The fraction of sp³-hybridized carbons (Fsp3) is 0.769. The Morgan fingerprint density at radius 1 is 1.25 bits per heavy atom. The fourth-order valence-corrected chi connectivity index (χ4v) is 1.54. The first-order chi connectivity index (χ1) is 7.59. The average Bonchev–Trinajstić information content (AvgIpc) is 2.62. The highest BCUT2D eigenvalue weighted by Crippen LogP contribution is 2.12. The van der Waals surface area contributed by atoms with E-state index in [1.807, 2.05) is 0 Å². The second-order valence-electron chi connectivity index (χ2n) is 5.18. The van der Waals surface area contributed by atoms with Gasteiger partial charge in [0.25, 0.3) is 0 Å². The number of nitrogens with zero attached hydrogens (tertiary/aromatic N) is 1. The first-order valence-electron chi connectivity index (χ1n) is 6.21. The van der Waals surface area contributed by atoms with Gasteiger partial charge in [0, 0.05) is 13.0 Å². The lowest BCUT2D eigenvalue weighted by Gasteiger charge is -2.07. The molecule has 0 aliphatic rings. The minimum Gasteiger partial charge on any atom is -0.448 e. The van der Waals surface area contributed by atoms with Gasteiger partial charge in [-0.2, -0.15) is 0 Å². The molecule has 0 amide bonds. The summed E-state index contributed by atoms with van der Waals surface area (Å²) in [5.41, 5.74) is 1.07. The Hall–Kier alpha value is -0.830. The van der Waals surface area contributed by atoms with E-state index in [1.165, 1.54) is 0 Å². The van der Waals surface area contributed by atoms with Crippen molar-refractivity contribution in [2.24, 2.45) is 11.8 Å². The summed E-state index contributed by atoms with van der Waals surface area (Å²) in [7, 11) is 0. The van der Waals surface area contributed by atoms with Gasteiger partial charge >= 0.3 is 0 Å². The van der Waals surface area contributed by atoms with Gasteiger partial charge in [-0.25, -0.2) is 4.98 Å². The van der Waals surface area contributed by atoms with Crippen molar-refractivity contribution in [3.8, 4) is 0 Å². The summed E-state index contributed by atoms with van der Waals surface area (Å²) in [5.74, 6) is 2.43. The highest BCUT2D eigenvalue weighted by molar-refractivity contribution is 5.07. The summed E-state index contributed by atoms with van der Waals surface area (Å²) in [6, 6.07) is 0. The minimum absolute atomic E-state index is 0.672. The Morgan fingerprint density at radius 2 is 2.00 bits per heavy atom. The summed E-state index contributed by atoms with van der Waals surface area (Å²) in [6.07, 6.45) is 3.71. The van der Waals surface area contributed by atoms with Crippen molar-refractivity contribution in [1.29, 1.82) is 0 Å². The minimum atomic E-state index is 0.672. The van der Waals surface area contributed by atoms with Crippen molar-refractivity contribution in [1.82, 2.24) is 10.3 Å². The molecule has 0 aliphatic carbocycles. The van der Waals surface area contributed by atoms with Crippen molar-refractivity contribution in [2.75, 3.05) is 6.54 Å². The molecule has 0 atom stereocenters. The Labute approximate surface area is 98.6 Å². The van der Waals surface area contributed by atoms with Crippen molar-refractivity contribution in [2.45, 2.75) is 47.1 Å². The van der Waals surface area contributed by atoms with E-state index in [0.717, 1.165) is 37.4 Å². The van der Waals surface area contributed by atoms with Crippen LogP contribution in [0.1, 0.15) is 45.6 Å². The molecule has 3 nitrogen and oxygen atoms in total. The van der Waals surface area contributed by atoms with Crippen LogP contribution in [0.5, 0.6) is 0 Å². The number of hydrogen-bond acceptors (Lipinski definition) is 3. The fourth-order valence-electron chi connectivity index (χ4n) is 1.54. The number of aromatic nitrogens is 1. The van der Waals surface area contributed by atoms with Gasteiger partial charge in [-0.3, -0.25) is 0 Å². The van der Waals surface area contributed by atoms with Gasteiger partial charge in [0.2, 0.25) is 0 Å². The molecular formula is C13H24N2O. The van der Waals surface area contributed by atoms with Gasteiger partial charge < -0.3 is 9.73 Å². The van der Waals surface area contributed by atoms with Crippen molar-refractivity contribution >= 4 is 0 Å². The van der Waals surface area contributed by atoms with E-state index >= 15 is 0 Å². The van der Waals surface area contributed by atoms with E-state index in [9.17, 15) is 0 Å². The van der Waals surface area contributed by atoms with Crippen molar-refractivity contribution in [3.63, 3.8) is 0 Å². The van der Waals surface area contributed by atoms with Crippen LogP contribution in [0.4, 0.5) is 0 Å². The van der Waals surface area contributed by atoms with E-state index in [4.69, 9.17) is 4.42 Å². The van der Waals surface area contributed by atoms with Crippen molar-refractivity contribution in [3.05, 3.63) is 17.8 Å². The topological polar surface area (TPSA) is 38.1 Å². The van der Waals surface area contributed by atoms with Crippen LogP contribution in [0, 0.1) is 11.8 Å². The lowest BCUT2D eigenvalue weighted by atomic mass is 10.1. The van der Waals surface area contributed by atoms with Crippen LogP contribution in [0.2, 0.25) is 0 Å². The molecular weight excluding hydrogens is 200 g/mol. The molecule has 1 rings (SSSR count). The van der Waals surface area contributed by atoms with E-state index in [2.05, 4.69) is 38.0 Å². The zero-order chi connectivity index (χ0) is 12.0. The predicted molar refractivity (Wildman–Crippen MR) is 66.2 cm³/mol. The lowest BCUT2D eigenvalue weighted by Crippen LogP contribution is -2.19. The van der Waals surface area contributed by atoms with Crippen LogP contribution >= 0.6 is 0 Å². The maximum Gasteiger partial charge on any atom is 0.181 e. The number of oxazole rings is 1. The molecule has 16 heavy (non-hydrogen) atoms. The number of hydrogen-bond donors (Lipinski definition) is 1. The molecule has 0 aromatic carbocycles. The smallest absolute Gasteiger partial charge is 0.181 e. The lowest BCUT2D eigenvalue weighted by molar-refractivity contribution is 0.465. The second kappa shape index (κ2) is 6.69. The molecule has 0 aliphatic heterocycles. The molecule has 0 radical (unpaired) electrons. The molecule has 3 heteroatoms. The van der Waals surface area contributed by atoms with Gasteiger partial charge in [-0.05, 0) is 24.8 Å². The van der Waals surface area contributed by atoms with Crippen LogP contribution in [0.25, 0.3) is 0 Å². The van der Waals surface area contributed by atoms with E-state index in [-0.39, 0.29) is 0 Å². The molecule has 1 aromatic rings. The molecule has 0 fully saturated rings. The summed E-state index contributed by atoms with van der Waals surface area (Å²) in [4.78, 5) is 4.26. The Bertz CT molecular complexity index is 292. The molecule has 0 spiro atoms. The normalized spacial score (nSPS) is 11.6. The third kappa shape index (κ3) is 4.79. The van der Waals surface area contributed by atoms with Gasteiger partial charge in [0.1, 0.15) is 5.76 Å². The molecule has 0 saturated heterocycles. The third-order valence-electron chi connectivity index (χ3n) is 2.52. The Kier molecular flexibility index (Phi) is 5.53. The van der Waals surface area contributed by atoms with Crippen LogP contribution in [0.15, 0.2) is 10.8 Å². The third-order valence-corrected chi connectivity index (χ3v) is 2.52. The highest BCUT2D eigenvalue weighted by Gasteiger charge is 2.08. The zero-order valence-corrected chi connectivity index (χ0v) is 10.9. The molecule has 0 bridgehead atoms.